The number of hydrogen-bond donors (Lipinski definition) is 1. The molecular weight excluding hydrogens is 262 g/mol. The second-order valence-corrected chi connectivity index (χ2v) is 5.82. The van der Waals surface area contributed by atoms with Crippen LogP contribution in [0.2, 0.25) is 0 Å². The molecule has 0 aliphatic heterocycles. The average Bonchev–Trinajstić information content (AvgIpc) is 2.50. The molecule has 1 saturated carbocycles. The van der Waals surface area contributed by atoms with Crippen molar-refractivity contribution in [2.75, 3.05) is 20.8 Å². The van der Waals surface area contributed by atoms with Crippen molar-refractivity contribution >= 4 is 10.8 Å². The third kappa shape index (κ3) is 2.76. The first-order valence-electron chi connectivity index (χ1n) is 7.58. The van der Waals surface area contributed by atoms with Crippen LogP contribution in [0.1, 0.15) is 24.8 Å². The van der Waals surface area contributed by atoms with Crippen molar-refractivity contribution in [2.24, 2.45) is 0 Å². The molecule has 112 valence electrons. The standard InChI is InChI=1S/C18H23NO2/c1-20-17-9-8-14(15-6-3-4-7-16(15)17)12-19-13-18(21-2)10-5-11-18/h3-4,6-9,19H,5,10-13H2,1-2H3. The minimum atomic E-state index is 0.0717. The normalized spacial score (nSPS) is 16.7. The first-order valence-corrected chi connectivity index (χ1v) is 7.58. The van der Waals surface area contributed by atoms with E-state index in [1.54, 1.807) is 7.11 Å². The van der Waals surface area contributed by atoms with Crippen LogP contribution in [0, 0.1) is 0 Å². The van der Waals surface area contributed by atoms with Gasteiger partial charge in [0.1, 0.15) is 5.75 Å². The Morgan fingerprint density at radius 2 is 1.81 bits per heavy atom. The van der Waals surface area contributed by atoms with Gasteiger partial charge in [-0.1, -0.05) is 30.3 Å². The Kier molecular flexibility index (Phi) is 4.13. The van der Waals surface area contributed by atoms with Crippen LogP contribution in [0.5, 0.6) is 5.75 Å². The van der Waals surface area contributed by atoms with Gasteiger partial charge >= 0.3 is 0 Å². The lowest BCUT2D eigenvalue weighted by atomic mass is 9.80. The van der Waals surface area contributed by atoms with Crippen LogP contribution >= 0.6 is 0 Å². The Labute approximate surface area is 126 Å². The van der Waals surface area contributed by atoms with E-state index in [1.807, 2.05) is 7.11 Å². The molecule has 3 heteroatoms. The van der Waals surface area contributed by atoms with Crippen LogP contribution in [0.15, 0.2) is 36.4 Å². The summed E-state index contributed by atoms with van der Waals surface area (Å²) >= 11 is 0. The highest BCUT2D eigenvalue weighted by Gasteiger charge is 2.36. The van der Waals surface area contributed by atoms with E-state index in [-0.39, 0.29) is 5.60 Å². The number of ether oxygens (including phenoxy) is 2. The minimum Gasteiger partial charge on any atom is -0.496 e. The van der Waals surface area contributed by atoms with E-state index in [0.29, 0.717) is 0 Å². The smallest absolute Gasteiger partial charge is 0.126 e. The average molecular weight is 285 g/mol. The number of rotatable bonds is 6. The number of hydrogen-bond acceptors (Lipinski definition) is 3. The summed E-state index contributed by atoms with van der Waals surface area (Å²) in [5, 5.41) is 5.98. The first-order chi connectivity index (χ1) is 10.3. The molecule has 0 unspecified atom stereocenters. The van der Waals surface area contributed by atoms with Crippen LogP contribution in [0.4, 0.5) is 0 Å². The zero-order valence-electron chi connectivity index (χ0n) is 12.8. The molecule has 0 heterocycles. The molecule has 1 fully saturated rings. The summed E-state index contributed by atoms with van der Waals surface area (Å²) in [7, 11) is 3.54. The van der Waals surface area contributed by atoms with Gasteiger partial charge in [0.15, 0.2) is 0 Å². The minimum absolute atomic E-state index is 0.0717. The van der Waals surface area contributed by atoms with E-state index >= 15 is 0 Å². The van der Waals surface area contributed by atoms with Crippen molar-refractivity contribution in [1.29, 1.82) is 0 Å². The SMILES string of the molecule is COc1ccc(CNCC2(OC)CCC2)c2ccccc12. The summed E-state index contributed by atoms with van der Waals surface area (Å²) in [5.74, 6) is 0.932. The monoisotopic (exact) mass is 285 g/mol. The fourth-order valence-electron chi connectivity index (χ4n) is 3.12. The Hall–Kier alpha value is -1.58. The molecule has 3 rings (SSSR count). The van der Waals surface area contributed by atoms with E-state index < -0.39 is 0 Å². The number of benzene rings is 2. The van der Waals surface area contributed by atoms with Crippen LogP contribution in [-0.2, 0) is 11.3 Å². The van der Waals surface area contributed by atoms with Gasteiger partial charge in [0.25, 0.3) is 0 Å². The van der Waals surface area contributed by atoms with E-state index in [1.165, 1.54) is 35.6 Å². The molecule has 0 bridgehead atoms. The van der Waals surface area contributed by atoms with Gasteiger partial charge in [-0.3, -0.25) is 0 Å². The van der Waals surface area contributed by atoms with Crippen LogP contribution in [0.3, 0.4) is 0 Å². The molecule has 0 aromatic heterocycles. The molecular formula is C18H23NO2. The lowest BCUT2D eigenvalue weighted by Crippen LogP contribution is -2.47. The largest absolute Gasteiger partial charge is 0.496 e. The van der Waals surface area contributed by atoms with E-state index in [0.717, 1.165) is 18.8 Å². The molecule has 1 aliphatic rings. The molecule has 1 aliphatic carbocycles. The van der Waals surface area contributed by atoms with Crippen molar-refractivity contribution < 1.29 is 9.47 Å². The zero-order chi connectivity index (χ0) is 14.7. The number of nitrogens with one attached hydrogen (secondary N) is 1. The molecule has 0 atom stereocenters. The van der Waals surface area contributed by atoms with Gasteiger partial charge in [-0.05, 0) is 36.3 Å². The predicted octanol–water partition coefficient (Wildman–Crippen LogP) is 3.51. The van der Waals surface area contributed by atoms with Crippen molar-refractivity contribution in [3.63, 3.8) is 0 Å². The second-order valence-electron chi connectivity index (χ2n) is 5.82. The van der Waals surface area contributed by atoms with Gasteiger partial charge in [0.05, 0.1) is 12.7 Å². The van der Waals surface area contributed by atoms with E-state index in [9.17, 15) is 0 Å². The third-order valence-corrected chi connectivity index (χ3v) is 4.65. The first kappa shape index (κ1) is 14.4. The third-order valence-electron chi connectivity index (χ3n) is 4.65. The molecule has 2 aromatic carbocycles. The number of methoxy groups -OCH3 is 2. The van der Waals surface area contributed by atoms with Crippen LogP contribution in [-0.4, -0.2) is 26.4 Å². The number of fused-ring (bicyclic) bond motifs is 1. The molecule has 21 heavy (non-hydrogen) atoms. The fourth-order valence-corrected chi connectivity index (χ4v) is 3.12. The van der Waals surface area contributed by atoms with Gasteiger partial charge in [-0.15, -0.1) is 0 Å². The Bertz CT molecular complexity index is 614. The topological polar surface area (TPSA) is 30.5 Å². The van der Waals surface area contributed by atoms with Gasteiger partial charge < -0.3 is 14.8 Å². The molecule has 2 aromatic rings. The van der Waals surface area contributed by atoms with E-state index in [2.05, 4.69) is 41.7 Å². The summed E-state index contributed by atoms with van der Waals surface area (Å²) in [6.45, 7) is 1.78. The molecule has 3 nitrogen and oxygen atoms in total. The maximum Gasteiger partial charge on any atom is 0.126 e. The lowest BCUT2D eigenvalue weighted by molar-refractivity contribution is -0.0695. The van der Waals surface area contributed by atoms with Crippen molar-refractivity contribution in [3.05, 3.63) is 42.0 Å². The molecule has 0 saturated heterocycles. The molecule has 0 radical (unpaired) electrons. The highest BCUT2D eigenvalue weighted by atomic mass is 16.5. The Morgan fingerprint density at radius 3 is 2.43 bits per heavy atom. The summed E-state index contributed by atoms with van der Waals surface area (Å²) in [6.07, 6.45) is 3.61. The van der Waals surface area contributed by atoms with Crippen molar-refractivity contribution in [3.8, 4) is 5.75 Å². The molecule has 0 spiro atoms. The maximum absolute atomic E-state index is 5.65. The summed E-state index contributed by atoms with van der Waals surface area (Å²) in [6, 6.07) is 12.6. The Morgan fingerprint density at radius 1 is 1.05 bits per heavy atom. The van der Waals surface area contributed by atoms with Crippen molar-refractivity contribution in [2.45, 2.75) is 31.4 Å². The maximum atomic E-state index is 5.65. The highest BCUT2D eigenvalue weighted by Crippen LogP contribution is 2.34. The van der Waals surface area contributed by atoms with Gasteiger partial charge in [0.2, 0.25) is 0 Å². The molecule has 0 amide bonds. The highest BCUT2D eigenvalue weighted by molar-refractivity contribution is 5.91. The van der Waals surface area contributed by atoms with Crippen molar-refractivity contribution in [1.82, 2.24) is 5.32 Å². The molecule has 1 N–H and O–H groups in total. The van der Waals surface area contributed by atoms with E-state index in [4.69, 9.17) is 9.47 Å². The summed E-state index contributed by atoms with van der Waals surface area (Å²) in [4.78, 5) is 0. The van der Waals surface area contributed by atoms with Gasteiger partial charge in [-0.25, -0.2) is 0 Å². The zero-order valence-corrected chi connectivity index (χ0v) is 12.8. The second kappa shape index (κ2) is 6.04. The fraction of sp³-hybridized carbons (Fsp3) is 0.444. The summed E-state index contributed by atoms with van der Waals surface area (Å²) in [5.41, 5.74) is 1.37. The quantitative estimate of drug-likeness (QED) is 0.881. The van der Waals surface area contributed by atoms with Gasteiger partial charge in [-0.2, -0.15) is 0 Å². The Balaban J connectivity index is 1.75. The predicted molar refractivity (Wildman–Crippen MR) is 85.8 cm³/mol. The van der Waals surface area contributed by atoms with Crippen LogP contribution in [0.25, 0.3) is 10.8 Å². The lowest BCUT2D eigenvalue weighted by Gasteiger charge is -2.40. The van der Waals surface area contributed by atoms with Gasteiger partial charge in [0, 0.05) is 25.6 Å². The summed E-state index contributed by atoms with van der Waals surface area (Å²) < 4.78 is 11.1. The van der Waals surface area contributed by atoms with Crippen LogP contribution < -0.4 is 10.1 Å².